The van der Waals surface area contributed by atoms with Gasteiger partial charge in [0.05, 0.1) is 16.7 Å². The van der Waals surface area contributed by atoms with E-state index in [2.05, 4.69) is 16.1 Å². The summed E-state index contributed by atoms with van der Waals surface area (Å²) in [5, 5.41) is 7.76. The number of benzene rings is 1. The predicted molar refractivity (Wildman–Crippen MR) is 93.1 cm³/mol. The molecule has 1 aromatic carbocycles. The van der Waals surface area contributed by atoms with Crippen LogP contribution in [0.1, 0.15) is 12.8 Å². The first-order valence-electron chi connectivity index (χ1n) is 7.53. The van der Waals surface area contributed by atoms with Crippen LogP contribution in [0, 0.1) is 5.82 Å². The van der Waals surface area contributed by atoms with Gasteiger partial charge in [0.25, 0.3) is 0 Å². The Hall–Kier alpha value is -1.31. The smallest absolute Gasteiger partial charge is 0.167 e. The highest BCUT2D eigenvalue weighted by Crippen LogP contribution is 2.39. The molecule has 2 saturated heterocycles. The number of nitrogens with one attached hydrogen (secondary N) is 1. The van der Waals surface area contributed by atoms with E-state index in [9.17, 15) is 8.60 Å². The number of fused-ring (bicyclic) bond motifs is 3. The molecule has 2 aliphatic heterocycles. The lowest BCUT2D eigenvalue weighted by atomic mass is 10.1. The van der Waals surface area contributed by atoms with Crippen LogP contribution in [0.4, 0.5) is 10.1 Å². The normalized spacial score (nSPS) is 27.5. The van der Waals surface area contributed by atoms with Crippen molar-refractivity contribution in [3.8, 4) is 0 Å². The van der Waals surface area contributed by atoms with Gasteiger partial charge in [-0.15, -0.1) is 0 Å². The van der Waals surface area contributed by atoms with Crippen LogP contribution in [0.5, 0.6) is 0 Å². The first-order chi connectivity index (χ1) is 10.9. The predicted octanol–water partition coefficient (Wildman–Crippen LogP) is 2.27. The second-order valence-electron chi connectivity index (χ2n) is 6.46. The maximum absolute atomic E-state index is 14.7. The standard InChI is InChI=1S/C15H18ClFN4OS/c1-23(2,22)21-10-3-4-11(21)8-20(7-10)15-13(17)12(16)5-9-6-18-19-14(9)15/h5-6,10-11H,1,3-4,7-8H2,2H3,(H,18,19). The minimum atomic E-state index is -2.25. The molecule has 2 aliphatic rings. The van der Waals surface area contributed by atoms with Gasteiger partial charge >= 0.3 is 0 Å². The zero-order chi connectivity index (χ0) is 16.4. The molecule has 5 nitrogen and oxygen atoms in total. The van der Waals surface area contributed by atoms with E-state index in [1.807, 2.05) is 9.21 Å². The molecule has 2 bridgehead atoms. The topological polar surface area (TPSA) is 52.2 Å². The highest BCUT2D eigenvalue weighted by molar-refractivity contribution is 7.97. The Balaban J connectivity index is 1.77. The van der Waals surface area contributed by atoms with Crippen molar-refractivity contribution in [2.24, 2.45) is 0 Å². The zero-order valence-corrected chi connectivity index (χ0v) is 14.3. The number of hydrogen-bond acceptors (Lipinski definition) is 3. The lowest BCUT2D eigenvalue weighted by molar-refractivity contribution is 0.300. The van der Waals surface area contributed by atoms with Gasteiger partial charge in [-0.2, -0.15) is 5.10 Å². The first-order valence-corrected chi connectivity index (χ1v) is 10.00. The average Bonchev–Trinajstić information content (AvgIpc) is 3.02. The Morgan fingerprint density at radius 2 is 2.09 bits per heavy atom. The monoisotopic (exact) mass is 356 g/mol. The average molecular weight is 357 g/mol. The number of anilines is 1. The van der Waals surface area contributed by atoms with Crippen LogP contribution < -0.4 is 4.90 Å². The Morgan fingerprint density at radius 1 is 1.43 bits per heavy atom. The SMILES string of the molecule is C=S(C)(=O)N1C2CCC1CN(c1c(F)c(Cl)cc3cn[nH]c13)C2. The third-order valence-corrected chi connectivity index (χ3v) is 6.55. The summed E-state index contributed by atoms with van der Waals surface area (Å²) in [5.41, 5.74) is 1.12. The van der Waals surface area contributed by atoms with Gasteiger partial charge in [0, 0.05) is 46.5 Å². The van der Waals surface area contributed by atoms with E-state index in [1.165, 1.54) is 0 Å². The first kappa shape index (κ1) is 15.2. The lowest BCUT2D eigenvalue weighted by Gasteiger charge is -2.42. The van der Waals surface area contributed by atoms with Crippen molar-refractivity contribution in [3.05, 3.63) is 23.1 Å². The number of H-pyrrole nitrogens is 1. The third kappa shape index (κ3) is 2.33. The molecule has 0 amide bonds. The highest BCUT2D eigenvalue weighted by Gasteiger charge is 2.43. The molecule has 2 fully saturated rings. The minimum absolute atomic E-state index is 0.0973. The van der Waals surface area contributed by atoms with Crippen LogP contribution in [0.25, 0.3) is 10.9 Å². The van der Waals surface area contributed by atoms with Crippen molar-refractivity contribution in [1.82, 2.24) is 14.5 Å². The van der Waals surface area contributed by atoms with Crippen molar-refractivity contribution in [1.29, 1.82) is 0 Å². The molecular weight excluding hydrogens is 339 g/mol. The van der Waals surface area contributed by atoms with E-state index in [1.54, 1.807) is 18.5 Å². The maximum atomic E-state index is 14.7. The van der Waals surface area contributed by atoms with Crippen LogP contribution in [0.15, 0.2) is 12.3 Å². The second kappa shape index (κ2) is 5.09. The van der Waals surface area contributed by atoms with E-state index < -0.39 is 15.5 Å². The molecule has 0 radical (unpaired) electrons. The molecule has 124 valence electrons. The molecule has 23 heavy (non-hydrogen) atoms. The zero-order valence-electron chi connectivity index (χ0n) is 12.8. The van der Waals surface area contributed by atoms with Crippen LogP contribution in [-0.2, 0) is 9.71 Å². The van der Waals surface area contributed by atoms with E-state index in [4.69, 9.17) is 11.6 Å². The van der Waals surface area contributed by atoms with Gasteiger partial charge in [-0.05, 0) is 24.8 Å². The number of piperazine rings is 1. The van der Waals surface area contributed by atoms with Crippen molar-refractivity contribution >= 4 is 43.8 Å². The van der Waals surface area contributed by atoms with Crippen LogP contribution in [0.2, 0.25) is 5.02 Å². The van der Waals surface area contributed by atoms with E-state index >= 15 is 0 Å². The molecular formula is C15H18ClFN4OS. The number of aromatic nitrogens is 2. The van der Waals surface area contributed by atoms with E-state index in [-0.39, 0.29) is 17.1 Å². The Bertz CT molecular complexity index is 867. The summed E-state index contributed by atoms with van der Waals surface area (Å²) in [6, 6.07) is 1.83. The molecule has 0 saturated carbocycles. The number of halogens is 2. The van der Waals surface area contributed by atoms with Crippen LogP contribution in [-0.4, -0.2) is 56.0 Å². The molecule has 4 rings (SSSR count). The molecule has 1 N–H and O–H groups in total. The van der Waals surface area contributed by atoms with Gasteiger partial charge in [0.2, 0.25) is 0 Å². The largest absolute Gasteiger partial charge is 0.364 e. The van der Waals surface area contributed by atoms with Crippen molar-refractivity contribution in [2.45, 2.75) is 24.9 Å². The molecule has 0 aliphatic carbocycles. The number of nitrogens with zero attached hydrogens (tertiary/aromatic N) is 3. The Labute approximate surface area is 139 Å². The summed E-state index contributed by atoms with van der Waals surface area (Å²) in [6.45, 7) is 1.23. The van der Waals surface area contributed by atoms with Crippen molar-refractivity contribution < 1.29 is 8.60 Å². The summed E-state index contributed by atoms with van der Waals surface area (Å²) < 4.78 is 29.1. The van der Waals surface area contributed by atoms with Gasteiger partial charge in [-0.25, -0.2) is 8.70 Å². The van der Waals surface area contributed by atoms with Gasteiger partial charge in [0.1, 0.15) is 5.69 Å². The number of rotatable bonds is 2. The molecule has 3 atom stereocenters. The Kier molecular flexibility index (Phi) is 3.37. The summed E-state index contributed by atoms with van der Waals surface area (Å²) >= 11 is 6.05. The quantitative estimate of drug-likeness (QED) is 0.840. The second-order valence-corrected chi connectivity index (χ2v) is 9.21. The highest BCUT2D eigenvalue weighted by atomic mass is 35.5. The van der Waals surface area contributed by atoms with Gasteiger partial charge < -0.3 is 4.90 Å². The van der Waals surface area contributed by atoms with Gasteiger partial charge in [-0.1, -0.05) is 11.6 Å². The van der Waals surface area contributed by atoms with Gasteiger partial charge in [-0.3, -0.25) is 9.31 Å². The van der Waals surface area contributed by atoms with E-state index in [0.29, 0.717) is 24.3 Å². The number of aromatic amines is 1. The molecule has 2 aromatic rings. The van der Waals surface area contributed by atoms with Gasteiger partial charge in [0.15, 0.2) is 5.82 Å². The fourth-order valence-electron chi connectivity index (χ4n) is 3.99. The van der Waals surface area contributed by atoms with Crippen molar-refractivity contribution in [3.63, 3.8) is 0 Å². The minimum Gasteiger partial charge on any atom is -0.364 e. The molecule has 3 heterocycles. The molecule has 1 aromatic heterocycles. The number of hydrogen-bond donors (Lipinski definition) is 1. The van der Waals surface area contributed by atoms with E-state index in [0.717, 1.165) is 18.2 Å². The summed E-state index contributed by atoms with van der Waals surface area (Å²) in [5.74, 6) is 3.40. The maximum Gasteiger partial charge on any atom is 0.167 e. The third-order valence-electron chi connectivity index (χ3n) is 4.78. The fourth-order valence-corrected chi connectivity index (χ4v) is 5.80. The summed E-state index contributed by atoms with van der Waals surface area (Å²) in [7, 11) is -2.25. The molecule has 0 spiro atoms. The van der Waals surface area contributed by atoms with Crippen LogP contribution in [0.3, 0.4) is 0 Å². The summed E-state index contributed by atoms with van der Waals surface area (Å²) in [4.78, 5) is 2.01. The molecule has 3 unspecified atom stereocenters. The van der Waals surface area contributed by atoms with Crippen molar-refractivity contribution in [2.75, 3.05) is 24.2 Å². The van der Waals surface area contributed by atoms with Crippen LogP contribution >= 0.6 is 11.6 Å². The Morgan fingerprint density at radius 3 is 2.70 bits per heavy atom. The lowest BCUT2D eigenvalue weighted by Crippen LogP contribution is -2.55. The fraction of sp³-hybridized carbons (Fsp3) is 0.467. The molecule has 8 heteroatoms. The summed E-state index contributed by atoms with van der Waals surface area (Å²) in [6.07, 6.45) is 5.23.